The molecular weight excluding hydrogens is 200 g/mol. The molecule has 0 saturated carbocycles. The highest BCUT2D eigenvalue weighted by atomic mass is 16.5. The van der Waals surface area contributed by atoms with Gasteiger partial charge in [-0.05, 0) is 24.2 Å². The number of ketones is 1. The molecule has 2 unspecified atom stereocenters. The zero-order chi connectivity index (χ0) is 12.5. The van der Waals surface area contributed by atoms with Crippen molar-refractivity contribution in [2.45, 2.75) is 54.1 Å². The van der Waals surface area contributed by atoms with Crippen molar-refractivity contribution in [1.82, 2.24) is 0 Å². The van der Waals surface area contributed by atoms with E-state index in [1.165, 1.54) is 0 Å². The van der Waals surface area contributed by atoms with Crippen LogP contribution in [0.2, 0.25) is 0 Å². The summed E-state index contributed by atoms with van der Waals surface area (Å²) in [4.78, 5) is 11.5. The van der Waals surface area contributed by atoms with Crippen LogP contribution in [0.5, 0.6) is 0 Å². The standard InChI is InChI=1S/C14H26O2/c1-7-14(5,6)10(3)13-9(2)12(8-16-13)11(4)15/h9-10,12-13H,7-8H2,1-6H3/t9-,10?,12+,13?/m0/s1. The summed E-state index contributed by atoms with van der Waals surface area (Å²) in [6.45, 7) is 13.5. The minimum Gasteiger partial charge on any atom is -0.377 e. The molecule has 0 spiro atoms. The van der Waals surface area contributed by atoms with Gasteiger partial charge >= 0.3 is 0 Å². The van der Waals surface area contributed by atoms with Gasteiger partial charge in [0.05, 0.1) is 12.7 Å². The van der Waals surface area contributed by atoms with Gasteiger partial charge < -0.3 is 4.74 Å². The van der Waals surface area contributed by atoms with Crippen LogP contribution in [0.4, 0.5) is 0 Å². The summed E-state index contributed by atoms with van der Waals surface area (Å²) < 4.78 is 5.87. The van der Waals surface area contributed by atoms with Crippen LogP contribution < -0.4 is 0 Å². The first kappa shape index (κ1) is 13.7. The Labute approximate surface area is 99.8 Å². The Kier molecular flexibility index (Phi) is 4.17. The molecular formula is C14H26O2. The van der Waals surface area contributed by atoms with E-state index in [0.717, 1.165) is 6.42 Å². The van der Waals surface area contributed by atoms with E-state index >= 15 is 0 Å². The highest BCUT2D eigenvalue weighted by Gasteiger charge is 2.43. The van der Waals surface area contributed by atoms with E-state index in [4.69, 9.17) is 4.74 Å². The van der Waals surface area contributed by atoms with E-state index in [2.05, 4.69) is 34.6 Å². The lowest BCUT2D eigenvalue weighted by Gasteiger charge is -2.36. The molecule has 1 heterocycles. The van der Waals surface area contributed by atoms with Crippen molar-refractivity contribution in [2.75, 3.05) is 6.61 Å². The lowest BCUT2D eigenvalue weighted by molar-refractivity contribution is -0.121. The lowest BCUT2D eigenvalue weighted by atomic mass is 9.71. The summed E-state index contributed by atoms with van der Waals surface area (Å²) in [5.41, 5.74) is 0.282. The molecule has 1 saturated heterocycles. The largest absolute Gasteiger partial charge is 0.377 e. The van der Waals surface area contributed by atoms with Crippen LogP contribution in [0, 0.1) is 23.2 Å². The van der Waals surface area contributed by atoms with Crippen molar-refractivity contribution in [3.8, 4) is 0 Å². The smallest absolute Gasteiger partial charge is 0.135 e. The topological polar surface area (TPSA) is 26.3 Å². The monoisotopic (exact) mass is 226 g/mol. The summed E-state index contributed by atoms with van der Waals surface area (Å²) in [6.07, 6.45) is 1.38. The molecule has 0 amide bonds. The maximum absolute atomic E-state index is 11.5. The second-order valence-electron chi connectivity index (χ2n) is 6.01. The maximum Gasteiger partial charge on any atom is 0.135 e. The van der Waals surface area contributed by atoms with Crippen LogP contribution in [-0.4, -0.2) is 18.5 Å². The van der Waals surface area contributed by atoms with E-state index in [-0.39, 0.29) is 23.2 Å². The lowest BCUT2D eigenvalue weighted by Crippen LogP contribution is -2.35. The fraction of sp³-hybridized carbons (Fsp3) is 0.929. The minimum absolute atomic E-state index is 0.111. The van der Waals surface area contributed by atoms with Crippen LogP contribution in [0.1, 0.15) is 48.0 Å². The summed E-state index contributed by atoms with van der Waals surface area (Å²) >= 11 is 0. The quantitative estimate of drug-likeness (QED) is 0.735. The molecule has 0 aromatic heterocycles. The minimum atomic E-state index is 0.111. The summed E-state index contributed by atoms with van der Waals surface area (Å²) in [5.74, 6) is 1.24. The van der Waals surface area contributed by atoms with Crippen LogP contribution in [0.3, 0.4) is 0 Å². The first-order valence-corrected chi connectivity index (χ1v) is 6.43. The number of Topliss-reactive ketones (excluding diaryl/α,β-unsaturated/α-hetero) is 1. The van der Waals surface area contributed by atoms with E-state index in [1.54, 1.807) is 6.92 Å². The summed E-state index contributed by atoms with van der Waals surface area (Å²) in [6, 6.07) is 0. The van der Waals surface area contributed by atoms with E-state index < -0.39 is 0 Å². The number of rotatable bonds is 4. The maximum atomic E-state index is 11.5. The Morgan fingerprint density at radius 3 is 2.44 bits per heavy atom. The van der Waals surface area contributed by atoms with E-state index in [1.807, 2.05) is 0 Å². The average molecular weight is 226 g/mol. The van der Waals surface area contributed by atoms with Crippen LogP contribution >= 0.6 is 0 Å². The van der Waals surface area contributed by atoms with Gasteiger partial charge in [0.2, 0.25) is 0 Å². The van der Waals surface area contributed by atoms with Gasteiger partial charge in [-0.15, -0.1) is 0 Å². The average Bonchev–Trinajstić information content (AvgIpc) is 2.59. The normalized spacial score (nSPS) is 32.8. The van der Waals surface area contributed by atoms with Gasteiger partial charge in [0.25, 0.3) is 0 Å². The van der Waals surface area contributed by atoms with Gasteiger partial charge in [0.1, 0.15) is 5.78 Å². The number of carbonyl (C=O) groups excluding carboxylic acids is 1. The predicted molar refractivity (Wildman–Crippen MR) is 66.3 cm³/mol. The molecule has 0 N–H and O–H groups in total. The van der Waals surface area contributed by atoms with Gasteiger partial charge in [-0.2, -0.15) is 0 Å². The highest BCUT2D eigenvalue weighted by Crippen LogP contribution is 2.41. The molecule has 0 aliphatic carbocycles. The Bertz CT molecular complexity index is 257. The molecule has 2 heteroatoms. The Hall–Kier alpha value is -0.370. The van der Waals surface area contributed by atoms with Crippen molar-refractivity contribution in [2.24, 2.45) is 23.2 Å². The number of ether oxygens (including phenoxy) is 1. The molecule has 1 fully saturated rings. The van der Waals surface area contributed by atoms with Crippen molar-refractivity contribution in [3.05, 3.63) is 0 Å². The molecule has 4 atom stereocenters. The molecule has 1 aliphatic heterocycles. The second kappa shape index (κ2) is 4.87. The van der Waals surface area contributed by atoms with Crippen molar-refractivity contribution in [1.29, 1.82) is 0 Å². The SMILES string of the molecule is CCC(C)(C)C(C)C1OC[C@@H](C(C)=O)[C@@H]1C. The molecule has 0 aromatic rings. The molecule has 94 valence electrons. The second-order valence-corrected chi connectivity index (χ2v) is 6.01. The Morgan fingerprint density at radius 1 is 1.50 bits per heavy atom. The van der Waals surface area contributed by atoms with Crippen molar-refractivity contribution < 1.29 is 9.53 Å². The first-order valence-electron chi connectivity index (χ1n) is 6.43. The van der Waals surface area contributed by atoms with Gasteiger partial charge in [0.15, 0.2) is 0 Å². The van der Waals surface area contributed by atoms with Gasteiger partial charge in [-0.3, -0.25) is 4.79 Å². The highest BCUT2D eigenvalue weighted by molar-refractivity contribution is 5.79. The third kappa shape index (κ3) is 2.48. The molecule has 1 rings (SSSR count). The van der Waals surface area contributed by atoms with Crippen LogP contribution in [0.25, 0.3) is 0 Å². The molecule has 2 nitrogen and oxygen atoms in total. The van der Waals surface area contributed by atoms with Crippen molar-refractivity contribution >= 4 is 5.78 Å². The summed E-state index contributed by atoms with van der Waals surface area (Å²) in [5, 5.41) is 0. The third-order valence-electron chi connectivity index (χ3n) is 4.78. The van der Waals surface area contributed by atoms with Gasteiger partial charge in [-0.1, -0.05) is 41.0 Å². The Morgan fingerprint density at radius 2 is 2.06 bits per heavy atom. The molecule has 0 bridgehead atoms. The molecule has 0 radical (unpaired) electrons. The third-order valence-corrected chi connectivity index (χ3v) is 4.78. The molecule has 0 aromatic carbocycles. The zero-order valence-electron chi connectivity index (χ0n) is 11.5. The van der Waals surface area contributed by atoms with Gasteiger partial charge in [0, 0.05) is 5.92 Å². The molecule has 16 heavy (non-hydrogen) atoms. The predicted octanol–water partition coefficient (Wildman–Crippen LogP) is 3.30. The number of hydrogen-bond acceptors (Lipinski definition) is 2. The summed E-state index contributed by atoms with van der Waals surface area (Å²) in [7, 11) is 0. The van der Waals surface area contributed by atoms with Crippen molar-refractivity contribution in [3.63, 3.8) is 0 Å². The zero-order valence-corrected chi connectivity index (χ0v) is 11.5. The first-order chi connectivity index (χ1) is 7.31. The fourth-order valence-corrected chi connectivity index (χ4v) is 2.60. The Balaban J connectivity index is 2.73. The van der Waals surface area contributed by atoms with Gasteiger partial charge in [-0.25, -0.2) is 0 Å². The fourth-order valence-electron chi connectivity index (χ4n) is 2.60. The van der Waals surface area contributed by atoms with Crippen LogP contribution in [-0.2, 0) is 9.53 Å². The van der Waals surface area contributed by atoms with Crippen LogP contribution in [0.15, 0.2) is 0 Å². The number of carbonyl (C=O) groups is 1. The van der Waals surface area contributed by atoms with E-state index in [9.17, 15) is 4.79 Å². The molecule has 1 aliphatic rings. The number of hydrogen-bond donors (Lipinski definition) is 0. The van der Waals surface area contributed by atoms with E-state index in [0.29, 0.717) is 18.4 Å².